The highest BCUT2D eigenvalue weighted by Crippen LogP contribution is 2.28. The van der Waals surface area contributed by atoms with E-state index >= 15 is 0 Å². The Morgan fingerprint density at radius 2 is 1.90 bits per heavy atom. The predicted molar refractivity (Wildman–Crippen MR) is 79.9 cm³/mol. The molecular formula is C16H16N4. The van der Waals surface area contributed by atoms with Crippen LogP contribution < -0.4 is 11.3 Å². The molecule has 1 atom stereocenters. The van der Waals surface area contributed by atoms with Crippen LogP contribution in [0.15, 0.2) is 55.0 Å². The lowest BCUT2D eigenvalue weighted by atomic mass is 9.94. The molecule has 0 radical (unpaired) electrons. The van der Waals surface area contributed by atoms with Gasteiger partial charge in [0.05, 0.1) is 6.04 Å². The first-order valence-electron chi connectivity index (χ1n) is 6.51. The van der Waals surface area contributed by atoms with E-state index in [-0.39, 0.29) is 6.04 Å². The van der Waals surface area contributed by atoms with Crippen LogP contribution in [-0.2, 0) is 0 Å². The fourth-order valence-electron chi connectivity index (χ4n) is 2.54. The summed E-state index contributed by atoms with van der Waals surface area (Å²) in [6.07, 6.45) is 5.46. The summed E-state index contributed by atoms with van der Waals surface area (Å²) >= 11 is 0. The lowest BCUT2D eigenvalue weighted by Gasteiger charge is -2.20. The first-order chi connectivity index (χ1) is 9.81. The average molecular weight is 264 g/mol. The van der Waals surface area contributed by atoms with Gasteiger partial charge in [-0.1, -0.05) is 24.3 Å². The van der Waals surface area contributed by atoms with Crippen LogP contribution in [0.4, 0.5) is 0 Å². The summed E-state index contributed by atoms with van der Waals surface area (Å²) in [6, 6.07) is 12.1. The van der Waals surface area contributed by atoms with Gasteiger partial charge in [0.1, 0.15) is 0 Å². The SMILES string of the molecule is Cc1ncccc1C(NN)c1cccc2ccncc12. The topological polar surface area (TPSA) is 63.8 Å². The molecule has 100 valence electrons. The van der Waals surface area contributed by atoms with Crippen molar-refractivity contribution < 1.29 is 0 Å². The van der Waals surface area contributed by atoms with E-state index in [2.05, 4.69) is 27.5 Å². The molecule has 0 aliphatic carbocycles. The lowest BCUT2D eigenvalue weighted by Crippen LogP contribution is -2.29. The highest BCUT2D eigenvalue weighted by molar-refractivity contribution is 5.85. The minimum Gasteiger partial charge on any atom is -0.271 e. The molecule has 0 amide bonds. The number of nitrogens with one attached hydrogen (secondary N) is 1. The van der Waals surface area contributed by atoms with Gasteiger partial charge in [-0.3, -0.25) is 15.8 Å². The maximum absolute atomic E-state index is 5.80. The first kappa shape index (κ1) is 12.7. The molecule has 1 unspecified atom stereocenters. The van der Waals surface area contributed by atoms with Crippen molar-refractivity contribution >= 4 is 10.8 Å². The summed E-state index contributed by atoms with van der Waals surface area (Å²) in [4.78, 5) is 8.56. The molecule has 2 heterocycles. The Morgan fingerprint density at radius 3 is 2.70 bits per heavy atom. The van der Waals surface area contributed by atoms with Crippen LogP contribution in [0.25, 0.3) is 10.8 Å². The summed E-state index contributed by atoms with van der Waals surface area (Å²) in [5.74, 6) is 5.80. The van der Waals surface area contributed by atoms with Crippen molar-refractivity contribution in [2.45, 2.75) is 13.0 Å². The normalized spacial score (nSPS) is 12.5. The predicted octanol–water partition coefficient (Wildman–Crippen LogP) is 2.49. The molecule has 3 rings (SSSR count). The minimum atomic E-state index is -0.100. The first-order valence-corrected chi connectivity index (χ1v) is 6.51. The van der Waals surface area contributed by atoms with E-state index in [9.17, 15) is 0 Å². The van der Waals surface area contributed by atoms with Crippen molar-refractivity contribution in [3.05, 3.63) is 71.8 Å². The molecule has 20 heavy (non-hydrogen) atoms. The second-order valence-corrected chi connectivity index (χ2v) is 4.72. The summed E-state index contributed by atoms with van der Waals surface area (Å²) in [6.45, 7) is 1.99. The highest BCUT2D eigenvalue weighted by atomic mass is 15.2. The molecule has 0 spiro atoms. The van der Waals surface area contributed by atoms with E-state index in [1.54, 1.807) is 12.4 Å². The highest BCUT2D eigenvalue weighted by Gasteiger charge is 2.17. The third-order valence-electron chi connectivity index (χ3n) is 3.55. The summed E-state index contributed by atoms with van der Waals surface area (Å²) < 4.78 is 0. The van der Waals surface area contributed by atoms with Gasteiger partial charge in [-0.25, -0.2) is 5.43 Å². The van der Waals surface area contributed by atoms with Crippen LogP contribution in [0.3, 0.4) is 0 Å². The molecule has 0 bridgehead atoms. The Balaban J connectivity index is 2.20. The van der Waals surface area contributed by atoms with Crippen LogP contribution in [0.2, 0.25) is 0 Å². The quantitative estimate of drug-likeness (QED) is 0.563. The zero-order valence-electron chi connectivity index (χ0n) is 11.2. The molecule has 0 aliphatic heterocycles. The number of pyridine rings is 2. The summed E-state index contributed by atoms with van der Waals surface area (Å²) in [5, 5.41) is 2.25. The van der Waals surface area contributed by atoms with Crippen LogP contribution in [0.5, 0.6) is 0 Å². The fourth-order valence-corrected chi connectivity index (χ4v) is 2.54. The van der Waals surface area contributed by atoms with Crippen LogP contribution >= 0.6 is 0 Å². The van der Waals surface area contributed by atoms with Crippen molar-refractivity contribution in [1.29, 1.82) is 0 Å². The van der Waals surface area contributed by atoms with Crippen molar-refractivity contribution in [3.63, 3.8) is 0 Å². The van der Waals surface area contributed by atoms with Crippen molar-refractivity contribution in [1.82, 2.24) is 15.4 Å². The smallest absolute Gasteiger partial charge is 0.0734 e. The van der Waals surface area contributed by atoms with E-state index in [1.165, 1.54) is 0 Å². The van der Waals surface area contributed by atoms with Crippen molar-refractivity contribution in [2.24, 2.45) is 5.84 Å². The number of nitrogens with zero attached hydrogens (tertiary/aromatic N) is 2. The second kappa shape index (κ2) is 5.36. The molecule has 4 heteroatoms. The number of fused-ring (bicyclic) bond motifs is 1. The van der Waals surface area contributed by atoms with Crippen LogP contribution in [0, 0.1) is 6.92 Å². The van der Waals surface area contributed by atoms with Gasteiger partial charge >= 0.3 is 0 Å². The van der Waals surface area contributed by atoms with Crippen LogP contribution in [0.1, 0.15) is 22.9 Å². The van der Waals surface area contributed by atoms with Crippen molar-refractivity contribution in [2.75, 3.05) is 0 Å². The fraction of sp³-hybridized carbons (Fsp3) is 0.125. The molecule has 3 aromatic rings. The van der Waals surface area contributed by atoms with Gasteiger partial charge in [0.2, 0.25) is 0 Å². The Morgan fingerprint density at radius 1 is 1.05 bits per heavy atom. The Kier molecular flexibility index (Phi) is 3.41. The van der Waals surface area contributed by atoms with Crippen molar-refractivity contribution in [3.8, 4) is 0 Å². The maximum atomic E-state index is 5.80. The molecule has 2 aromatic heterocycles. The molecule has 0 fully saturated rings. The number of hydrogen-bond donors (Lipinski definition) is 2. The van der Waals surface area contributed by atoms with Gasteiger partial charge in [-0.05, 0) is 35.6 Å². The largest absolute Gasteiger partial charge is 0.271 e. The second-order valence-electron chi connectivity index (χ2n) is 4.72. The molecule has 3 N–H and O–H groups in total. The van der Waals surface area contributed by atoms with Gasteiger partial charge in [-0.15, -0.1) is 0 Å². The molecule has 0 saturated heterocycles. The minimum absolute atomic E-state index is 0.100. The molecular weight excluding hydrogens is 248 g/mol. The summed E-state index contributed by atoms with van der Waals surface area (Å²) in [5.41, 5.74) is 6.05. The van der Waals surface area contributed by atoms with Crippen LogP contribution in [-0.4, -0.2) is 9.97 Å². The lowest BCUT2D eigenvalue weighted by molar-refractivity contribution is 0.634. The zero-order valence-corrected chi connectivity index (χ0v) is 11.2. The Hall–Kier alpha value is -2.30. The number of hydrogen-bond acceptors (Lipinski definition) is 4. The number of aryl methyl sites for hydroxylation is 1. The molecule has 0 saturated carbocycles. The van der Waals surface area contributed by atoms with E-state index in [1.807, 2.05) is 37.4 Å². The average Bonchev–Trinajstić information content (AvgIpc) is 2.50. The zero-order chi connectivity index (χ0) is 13.9. The monoisotopic (exact) mass is 264 g/mol. The van der Waals surface area contributed by atoms with E-state index in [0.29, 0.717) is 0 Å². The van der Waals surface area contributed by atoms with Gasteiger partial charge in [-0.2, -0.15) is 0 Å². The van der Waals surface area contributed by atoms with E-state index in [4.69, 9.17) is 5.84 Å². The maximum Gasteiger partial charge on any atom is 0.0734 e. The van der Waals surface area contributed by atoms with Gasteiger partial charge < -0.3 is 0 Å². The number of rotatable bonds is 3. The molecule has 1 aromatic carbocycles. The number of benzene rings is 1. The van der Waals surface area contributed by atoms with Gasteiger partial charge in [0, 0.05) is 29.7 Å². The third-order valence-corrected chi connectivity index (χ3v) is 3.55. The molecule has 0 aliphatic rings. The number of aromatic nitrogens is 2. The van der Waals surface area contributed by atoms with Gasteiger partial charge in [0.15, 0.2) is 0 Å². The standard InChI is InChI=1S/C16H16N4/c1-11-13(6-3-8-19-11)16(20-17)14-5-2-4-12-7-9-18-10-15(12)14/h2-10,16,20H,17H2,1H3. The summed E-state index contributed by atoms with van der Waals surface area (Å²) in [7, 11) is 0. The van der Waals surface area contributed by atoms with E-state index in [0.717, 1.165) is 27.6 Å². The Labute approximate surface area is 117 Å². The molecule has 4 nitrogen and oxygen atoms in total. The van der Waals surface area contributed by atoms with Gasteiger partial charge in [0.25, 0.3) is 0 Å². The van der Waals surface area contributed by atoms with E-state index < -0.39 is 0 Å². The number of nitrogens with two attached hydrogens (primary N) is 1. The Bertz CT molecular complexity index is 734. The number of hydrazine groups is 1. The third kappa shape index (κ3) is 2.15.